The first-order chi connectivity index (χ1) is 14.5. The van der Waals surface area contributed by atoms with Crippen LogP contribution < -0.4 is 19.1 Å². The Morgan fingerprint density at radius 3 is 2.26 bits per heavy atom. The summed E-state index contributed by atoms with van der Waals surface area (Å²) in [7, 11) is -7.07. The highest BCUT2D eigenvalue weighted by Crippen LogP contribution is 2.36. The SMILES string of the molecule is CCC(NC(=O)CN(c1ccc2c(c1)OCO2)S(C)(=O)=O)c1ccc(S(C)(=O)=O)cc1. The van der Waals surface area contributed by atoms with Gasteiger partial charge in [0.25, 0.3) is 0 Å². The fourth-order valence-electron chi connectivity index (χ4n) is 3.18. The van der Waals surface area contributed by atoms with Crippen molar-refractivity contribution in [1.29, 1.82) is 0 Å². The molecule has 2 aromatic rings. The number of fused-ring (bicyclic) bond motifs is 1. The molecular weight excluding hydrogens is 444 g/mol. The van der Waals surface area contributed by atoms with E-state index in [0.29, 0.717) is 17.9 Å². The van der Waals surface area contributed by atoms with Crippen LogP contribution in [-0.4, -0.2) is 48.6 Å². The second kappa shape index (κ2) is 8.75. The molecule has 1 aliphatic rings. The summed E-state index contributed by atoms with van der Waals surface area (Å²) >= 11 is 0. The smallest absolute Gasteiger partial charge is 0.241 e. The molecule has 0 radical (unpaired) electrons. The van der Waals surface area contributed by atoms with Gasteiger partial charge in [-0.15, -0.1) is 0 Å². The molecular formula is C20H24N2O7S2. The molecule has 0 bridgehead atoms. The molecule has 0 fully saturated rings. The van der Waals surface area contributed by atoms with Gasteiger partial charge in [-0.1, -0.05) is 19.1 Å². The van der Waals surface area contributed by atoms with Crippen molar-refractivity contribution in [3.05, 3.63) is 48.0 Å². The Bertz CT molecular complexity index is 1180. The average Bonchev–Trinajstić information content (AvgIpc) is 3.16. The molecule has 0 spiro atoms. The minimum absolute atomic E-state index is 0.0500. The maximum Gasteiger partial charge on any atom is 0.241 e. The molecule has 3 rings (SSSR count). The molecule has 1 unspecified atom stereocenters. The molecule has 0 saturated carbocycles. The molecule has 168 valence electrons. The lowest BCUT2D eigenvalue weighted by atomic mass is 10.0. The van der Waals surface area contributed by atoms with Crippen LogP contribution in [0.5, 0.6) is 11.5 Å². The van der Waals surface area contributed by atoms with Gasteiger partial charge in [0.15, 0.2) is 21.3 Å². The van der Waals surface area contributed by atoms with E-state index in [-0.39, 0.29) is 17.4 Å². The summed E-state index contributed by atoms with van der Waals surface area (Å²) in [6.45, 7) is 1.49. The van der Waals surface area contributed by atoms with Gasteiger partial charge < -0.3 is 14.8 Å². The minimum Gasteiger partial charge on any atom is -0.454 e. The molecule has 0 saturated heterocycles. The quantitative estimate of drug-likeness (QED) is 0.628. The van der Waals surface area contributed by atoms with Crippen molar-refractivity contribution in [2.75, 3.05) is 30.2 Å². The summed E-state index contributed by atoms with van der Waals surface area (Å²) in [5.74, 6) is 0.413. The number of hydrogen-bond donors (Lipinski definition) is 1. The van der Waals surface area contributed by atoms with Gasteiger partial charge in [-0.05, 0) is 36.2 Å². The first-order valence-corrected chi connectivity index (χ1v) is 13.2. The number of rotatable bonds is 8. The first kappa shape index (κ1) is 22.9. The predicted octanol–water partition coefficient (Wildman–Crippen LogP) is 1.85. The van der Waals surface area contributed by atoms with Crippen molar-refractivity contribution in [2.45, 2.75) is 24.3 Å². The van der Waals surface area contributed by atoms with Gasteiger partial charge >= 0.3 is 0 Å². The van der Waals surface area contributed by atoms with E-state index in [0.717, 1.165) is 22.4 Å². The maximum absolute atomic E-state index is 12.7. The number of amides is 1. The molecule has 9 nitrogen and oxygen atoms in total. The number of anilines is 1. The summed E-state index contributed by atoms with van der Waals surface area (Å²) in [5, 5.41) is 2.82. The van der Waals surface area contributed by atoms with Gasteiger partial charge in [-0.3, -0.25) is 9.10 Å². The van der Waals surface area contributed by atoms with Crippen LogP contribution in [0.15, 0.2) is 47.4 Å². The van der Waals surface area contributed by atoms with Crippen LogP contribution in [0.1, 0.15) is 24.9 Å². The number of nitrogens with one attached hydrogen (secondary N) is 1. The van der Waals surface area contributed by atoms with E-state index in [4.69, 9.17) is 9.47 Å². The Morgan fingerprint density at radius 1 is 1.03 bits per heavy atom. The third kappa shape index (κ3) is 5.47. The second-order valence-electron chi connectivity index (χ2n) is 7.18. The Morgan fingerprint density at radius 2 is 1.68 bits per heavy atom. The van der Waals surface area contributed by atoms with Gasteiger partial charge in [-0.25, -0.2) is 16.8 Å². The van der Waals surface area contributed by atoms with Crippen LogP contribution in [0, 0.1) is 0 Å². The summed E-state index contributed by atoms with van der Waals surface area (Å²) in [5.41, 5.74) is 1.00. The van der Waals surface area contributed by atoms with Gasteiger partial charge in [0.1, 0.15) is 6.54 Å². The topological polar surface area (TPSA) is 119 Å². The zero-order valence-corrected chi connectivity index (χ0v) is 19.0. The Labute approximate surface area is 181 Å². The normalized spacial score (nSPS) is 14.2. The molecule has 1 atom stereocenters. The molecule has 0 aromatic heterocycles. The van der Waals surface area contributed by atoms with E-state index in [1.165, 1.54) is 18.2 Å². The van der Waals surface area contributed by atoms with Crippen molar-refractivity contribution in [1.82, 2.24) is 5.32 Å². The van der Waals surface area contributed by atoms with Gasteiger partial charge in [0.2, 0.25) is 22.7 Å². The number of carbonyl (C=O) groups is 1. The zero-order valence-electron chi connectivity index (χ0n) is 17.4. The van der Waals surface area contributed by atoms with Gasteiger partial charge in [-0.2, -0.15) is 0 Å². The number of benzene rings is 2. The Hall–Kier alpha value is -2.79. The highest BCUT2D eigenvalue weighted by atomic mass is 32.2. The molecule has 1 aliphatic heterocycles. The fraction of sp³-hybridized carbons (Fsp3) is 0.350. The molecule has 31 heavy (non-hydrogen) atoms. The molecule has 2 aromatic carbocycles. The fourth-order valence-corrected chi connectivity index (χ4v) is 4.66. The third-order valence-corrected chi connectivity index (χ3v) is 7.05. The highest BCUT2D eigenvalue weighted by molar-refractivity contribution is 7.92. The number of sulfone groups is 1. The summed E-state index contributed by atoms with van der Waals surface area (Å²) in [6, 6.07) is 10.5. The van der Waals surface area contributed by atoms with E-state index in [1.54, 1.807) is 24.3 Å². The summed E-state index contributed by atoms with van der Waals surface area (Å²) < 4.78 is 59.5. The van der Waals surface area contributed by atoms with Crippen LogP contribution >= 0.6 is 0 Å². The first-order valence-electron chi connectivity index (χ1n) is 9.46. The predicted molar refractivity (Wildman–Crippen MR) is 115 cm³/mol. The monoisotopic (exact) mass is 468 g/mol. The molecule has 1 amide bonds. The molecule has 0 aliphatic carbocycles. The van der Waals surface area contributed by atoms with Crippen molar-refractivity contribution < 1.29 is 31.1 Å². The maximum atomic E-state index is 12.7. The standard InChI is InChI=1S/C20H24N2O7S2/c1-4-17(14-5-8-16(9-6-14)30(2,24)25)21-20(23)12-22(31(3,26)27)15-7-10-18-19(11-15)29-13-28-18/h5-11,17H,4,12-13H2,1-3H3,(H,21,23). The third-order valence-electron chi connectivity index (χ3n) is 4.79. The minimum atomic E-state index is -3.75. The van der Waals surface area contributed by atoms with Crippen molar-refractivity contribution in [2.24, 2.45) is 0 Å². The van der Waals surface area contributed by atoms with Crippen LogP contribution in [0.4, 0.5) is 5.69 Å². The van der Waals surface area contributed by atoms with Crippen LogP contribution in [0.25, 0.3) is 0 Å². The lowest BCUT2D eigenvalue weighted by molar-refractivity contribution is -0.120. The zero-order chi connectivity index (χ0) is 22.8. The largest absolute Gasteiger partial charge is 0.454 e. The van der Waals surface area contributed by atoms with Crippen LogP contribution in [0.3, 0.4) is 0 Å². The Kier molecular flexibility index (Phi) is 6.46. The van der Waals surface area contributed by atoms with E-state index < -0.39 is 38.4 Å². The van der Waals surface area contributed by atoms with E-state index in [9.17, 15) is 21.6 Å². The number of carbonyl (C=O) groups excluding carboxylic acids is 1. The summed E-state index contributed by atoms with van der Waals surface area (Å²) in [4.78, 5) is 12.9. The van der Waals surface area contributed by atoms with E-state index in [1.807, 2.05) is 6.92 Å². The number of nitrogens with zero attached hydrogens (tertiary/aromatic N) is 1. The number of ether oxygens (including phenoxy) is 2. The highest BCUT2D eigenvalue weighted by Gasteiger charge is 2.25. The van der Waals surface area contributed by atoms with Crippen molar-refractivity contribution >= 4 is 31.5 Å². The van der Waals surface area contributed by atoms with Gasteiger partial charge in [0, 0.05) is 12.3 Å². The molecule has 11 heteroatoms. The molecule has 1 N–H and O–H groups in total. The molecule has 1 heterocycles. The van der Waals surface area contributed by atoms with Crippen molar-refractivity contribution in [3.8, 4) is 11.5 Å². The van der Waals surface area contributed by atoms with Crippen LogP contribution in [-0.2, 0) is 24.7 Å². The van der Waals surface area contributed by atoms with E-state index >= 15 is 0 Å². The van der Waals surface area contributed by atoms with Crippen LogP contribution in [0.2, 0.25) is 0 Å². The van der Waals surface area contributed by atoms with E-state index in [2.05, 4.69) is 5.32 Å². The lowest BCUT2D eigenvalue weighted by Gasteiger charge is -2.24. The Balaban J connectivity index is 1.77. The number of hydrogen-bond acceptors (Lipinski definition) is 7. The van der Waals surface area contributed by atoms with Gasteiger partial charge in [0.05, 0.1) is 22.9 Å². The number of sulfonamides is 1. The average molecular weight is 469 g/mol. The summed E-state index contributed by atoms with van der Waals surface area (Å²) in [6.07, 6.45) is 2.68. The lowest BCUT2D eigenvalue weighted by Crippen LogP contribution is -2.41. The second-order valence-corrected chi connectivity index (χ2v) is 11.1. The van der Waals surface area contributed by atoms with Crippen molar-refractivity contribution in [3.63, 3.8) is 0 Å².